The number of pyridine rings is 1. The molecule has 0 bridgehead atoms. The number of nitrogens with zero attached hydrogens (tertiary/aromatic N) is 1. The van der Waals surface area contributed by atoms with Gasteiger partial charge in [0, 0.05) is 18.5 Å². The quantitative estimate of drug-likeness (QED) is 0.440. The van der Waals surface area contributed by atoms with Gasteiger partial charge in [0.2, 0.25) is 0 Å². The lowest BCUT2D eigenvalue weighted by Crippen LogP contribution is -2.17. The van der Waals surface area contributed by atoms with E-state index in [1.54, 1.807) is 24.3 Å². The van der Waals surface area contributed by atoms with Gasteiger partial charge in [-0.25, -0.2) is 17.8 Å². The van der Waals surface area contributed by atoms with Gasteiger partial charge < -0.3 is 5.32 Å². The van der Waals surface area contributed by atoms with Gasteiger partial charge in [0.1, 0.15) is 6.67 Å². The van der Waals surface area contributed by atoms with Crippen LogP contribution in [0, 0.1) is 0 Å². The van der Waals surface area contributed by atoms with Gasteiger partial charge in [-0.05, 0) is 36.4 Å². The molecule has 0 atom stereocenters. The zero-order valence-electron chi connectivity index (χ0n) is 15.0. The number of sulfonamides is 1. The molecule has 0 unspecified atom stereocenters. The van der Waals surface area contributed by atoms with E-state index in [2.05, 4.69) is 15.0 Å². The molecule has 0 aliphatic rings. The van der Waals surface area contributed by atoms with Crippen LogP contribution in [0.4, 0.5) is 23.2 Å². The van der Waals surface area contributed by atoms with Gasteiger partial charge in [0.05, 0.1) is 27.4 Å². The van der Waals surface area contributed by atoms with Gasteiger partial charge in [-0.3, -0.25) is 4.72 Å². The third kappa shape index (κ3) is 5.01. The smallest absolute Gasteiger partial charge is 0.309 e. The van der Waals surface area contributed by atoms with Crippen molar-refractivity contribution in [3.05, 3.63) is 65.9 Å². The van der Waals surface area contributed by atoms with Gasteiger partial charge in [0.15, 0.2) is 0 Å². The number of hydrogen-bond acceptors (Lipinski definition) is 4. The van der Waals surface area contributed by atoms with Crippen molar-refractivity contribution >= 4 is 26.6 Å². The van der Waals surface area contributed by atoms with Crippen LogP contribution in [0.1, 0.15) is 11.3 Å². The van der Waals surface area contributed by atoms with Crippen molar-refractivity contribution in [2.45, 2.75) is 17.6 Å². The number of benzene rings is 2. The summed E-state index contributed by atoms with van der Waals surface area (Å²) in [5.41, 5.74) is 0.220. The summed E-state index contributed by atoms with van der Waals surface area (Å²) < 4.78 is 77.9. The average Bonchev–Trinajstić information content (AvgIpc) is 2.68. The molecule has 0 saturated carbocycles. The Morgan fingerprint density at radius 3 is 2.34 bits per heavy atom. The Balaban J connectivity index is 1.90. The predicted octanol–water partition coefficient (Wildman–Crippen LogP) is 4.11. The molecule has 154 valence electrons. The molecule has 3 aromatic rings. The number of para-hydroxylation sites is 1. The van der Waals surface area contributed by atoms with E-state index >= 15 is 0 Å². The van der Waals surface area contributed by atoms with E-state index in [4.69, 9.17) is 0 Å². The Morgan fingerprint density at radius 1 is 0.966 bits per heavy atom. The van der Waals surface area contributed by atoms with Crippen LogP contribution in [-0.4, -0.2) is 26.6 Å². The predicted molar refractivity (Wildman–Crippen MR) is 102 cm³/mol. The van der Waals surface area contributed by atoms with Crippen molar-refractivity contribution in [1.82, 2.24) is 10.3 Å². The lowest BCUT2D eigenvalue weighted by molar-refractivity contribution is -0.137. The third-order valence-corrected chi connectivity index (χ3v) is 5.47. The fraction of sp³-hybridized carbons (Fsp3) is 0.211. The van der Waals surface area contributed by atoms with Crippen LogP contribution in [0.3, 0.4) is 0 Å². The molecular weight excluding hydrogens is 410 g/mol. The van der Waals surface area contributed by atoms with Crippen molar-refractivity contribution < 1.29 is 26.0 Å². The van der Waals surface area contributed by atoms with Crippen molar-refractivity contribution in [3.8, 4) is 0 Å². The van der Waals surface area contributed by atoms with Gasteiger partial charge in [-0.2, -0.15) is 13.2 Å². The van der Waals surface area contributed by atoms with Crippen molar-refractivity contribution in [1.29, 1.82) is 0 Å². The van der Waals surface area contributed by atoms with Gasteiger partial charge >= 0.3 is 6.18 Å². The Morgan fingerprint density at radius 2 is 1.69 bits per heavy atom. The standard InChI is InChI=1S/C19H17F4N3O2S/c20-10-11-24-12-15-7-4-13-2-1-3-17(18(13)25-15)26-29(27,28)16-8-5-14(6-9-16)19(21,22)23/h1-9,24,26H,10-12H2. The fourth-order valence-electron chi connectivity index (χ4n) is 2.68. The maximum atomic E-state index is 12.7. The van der Waals surface area contributed by atoms with Crippen LogP contribution in [0.2, 0.25) is 0 Å². The Kier molecular flexibility index (Phi) is 6.04. The Labute approximate surface area is 164 Å². The van der Waals surface area contributed by atoms with Crippen molar-refractivity contribution in [2.75, 3.05) is 17.9 Å². The number of aromatic nitrogens is 1. The van der Waals surface area contributed by atoms with Crippen LogP contribution in [0.25, 0.3) is 10.9 Å². The monoisotopic (exact) mass is 427 g/mol. The summed E-state index contributed by atoms with van der Waals surface area (Å²) in [6.45, 7) is -0.0481. The molecule has 0 radical (unpaired) electrons. The zero-order chi connectivity index (χ0) is 21.1. The minimum absolute atomic E-state index is 0.169. The van der Waals surface area contributed by atoms with E-state index in [0.29, 0.717) is 35.3 Å². The number of anilines is 1. The van der Waals surface area contributed by atoms with Crippen LogP contribution >= 0.6 is 0 Å². The van der Waals surface area contributed by atoms with E-state index in [1.165, 1.54) is 6.07 Å². The molecular formula is C19H17F4N3O2S. The molecule has 0 aliphatic heterocycles. The van der Waals surface area contributed by atoms with Crippen LogP contribution < -0.4 is 10.0 Å². The summed E-state index contributed by atoms with van der Waals surface area (Å²) in [6, 6.07) is 11.6. The van der Waals surface area contributed by atoms with Gasteiger partial charge in [-0.1, -0.05) is 18.2 Å². The second-order valence-electron chi connectivity index (χ2n) is 6.17. The summed E-state index contributed by atoms with van der Waals surface area (Å²) in [4.78, 5) is 4.11. The molecule has 0 aliphatic carbocycles. The normalized spacial score (nSPS) is 12.3. The van der Waals surface area contributed by atoms with Crippen LogP contribution in [-0.2, 0) is 22.7 Å². The molecule has 0 saturated heterocycles. The van der Waals surface area contributed by atoms with Gasteiger partial charge in [-0.15, -0.1) is 0 Å². The van der Waals surface area contributed by atoms with Crippen molar-refractivity contribution in [3.63, 3.8) is 0 Å². The van der Waals surface area contributed by atoms with E-state index in [1.807, 2.05) is 0 Å². The molecule has 2 aromatic carbocycles. The maximum absolute atomic E-state index is 12.7. The first kappa shape index (κ1) is 21.0. The second-order valence-corrected chi connectivity index (χ2v) is 7.86. The SMILES string of the molecule is O=S(=O)(Nc1cccc2ccc(CNCCF)nc12)c1ccc(C(F)(F)F)cc1. The molecule has 2 N–H and O–H groups in total. The molecule has 10 heteroatoms. The molecule has 5 nitrogen and oxygen atoms in total. The van der Waals surface area contributed by atoms with Crippen LogP contribution in [0.15, 0.2) is 59.5 Å². The largest absolute Gasteiger partial charge is 0.416 e. The number of nitrogens with one attached hydrogen (secondary N) is 2. The third-order valence-electron chi connectivity index (χ3n) is 4.09. The topological polar surface area (TPSA) is 71.1 Å². The molecule has 0 spiro atoms. The first-order chi connectivity index (χ1) is 13.7. The van der Waals surface area contributed by atoms with Crippen molar-refractivity contribution in [2.24, 2.45) is 0 Å². The number of rotatable bonds is 7. The summed E-state index contributed by atoms with van der Waals surface area (Å²) in [6.07, 6.45) is -4.55. The summed E-state index contributed by atoms with van der Waals surface area (Å²) >= 11 is 0. The zero-order valence-corrected chi connectivity index (χ0v) is 15.8. The molecule has 29 heavy (non-hydrogen) atoms. The highest BCUT2D eigenvalue weighted by Gasteiger charge is 2.30. The number of alkyl halides is 4. The second kappa shape index (κ2) is 8.34. The Bertz CT molecular complexity index is 1100. The van der Waals surface area contributed by atoms with E-state index in [-0.39, 0.29) is 17.1 Å². The lowest BCUT2D eigenvalue weighted by Gasteiger charge is -2.12. The van der Waals surface area contributed by atoms with Gasteiger partial charge in [0.25, 0.3) is 10.0 Å². The number of halogens is 4. The van der Waals surface area contributed by atoms with Crippen LogP contribution in [0.5, 0.6) is 0 Å². The number of fused-ring (bicyclic) bond motifs is 1. The molecule has 1 aromatic heterocycles. The van der Waals surface area contributed by atoms with E-state index < -0.39 is 28.4 Å². The lowest BCUT2D eigenvalue weighted by atomic mass is 10.2. The first-order valence-corrected chi connectivity index (χ1v) is 10.0. The first-order valence-electron chi connectivity index (χ1n) is 8.56. The minimum atomic E-state index is -4.55. The summed E-state index contributed by atoms with van der Waals surface area (Å²) in [7, 11) is -4.12. The summed E-state index contributed by atoms with van der Waals surface area (Å²) in [5.74, 6) is 0. The summed E-state index contributed by atoms with van der Waals surface area (Å²) in [5, 5.41) is 3.53. The average molecular weight is 427 g/mol. The Hall–Kier alpha value is -2.72. The maximum Gasteiger partial charge on any atom is 0.416 e. The van der Waals surface area contributed by atoms with E-state index in [9.17, 15) is 26.0 Å². The highest BCUT2D eigenvalue weighted by atomic mass is 32.2. The fourth-order valence-corrected chi connectivity index (χ4v) is 3.74. The molecule has 1 heterocycles. The molecule has 0 fully saturated rings. The molecule has 3 rings (SSSR count). The van der Waals surface area contributed by atoms with E-state index in [0.717, 1.165) is 12.1 Å². The number of hydrogen-bond donors (Lipinski definition) is 2. The molecule has 0 amide bonds. The highest BCUT2D eigenvalue weighted by Crippen LogP contribution is 2.30. The highest BCUT2D eigenvalue weighted by molar-refractivity contribution is 7.92. The minimum Gasteiger partial charge on any atom is -0.309 e.